The second-order valence-corrected chi connectivity index (χ2v) is 7.44. The number of fused-ring (bicyclic) bond motifs is 1. The van der Waals surface area contributed by atoms with Gasteiger partial charge in [0.25, 0.3) is 0 Å². The van der Waals surface area contributed by atoms with Crippen molar-refractivity contribution in [3.05, 3.63) is 41.5 Å². The molecule has 7 heteroatoms. The highest BCUT2D eigenvalue weighted by atomic mass is 16.5. The number of methoxy groups -OCH3 is 5. The van der Waals surface area contributed by atoms with Gasteiger partial charge in [0.05, 0.1) is 61.0 Å². The first-order valence-electron chi connectivity index (χ1n) is 9.89. The lowest BCUT2D eigenvalue weighted by Crippen LogP contribution is -2.15. The van der Waals surface area contributed by atoms with Gasteiger partial charge in [-0.05, 0) is 35.4 Å². The maximum Gasteiger partial charge on any atom is 0.203 e. The van der Waals surface area contributed by atoms with Crippen molar-refractivity contribution in [1.29, 1.82) is 0 Å². The lowest BCUT2D eigenvalue weighted by atomic mass is 9.84. The zero-order valence-electron chi connectivity index (χ0n) is 18.0. The van der Waals surface area contributed by atoms with Crippen LogP contribution in [0, 0.1) is 11.8 Å². The molecule has 162 valence electrons. The van der Waals surface area contributed by atoms with Gasteiger partial charge in [0.15, 0.2) is 11.5 Å². The fraction of sp³-hybridized carbons (Fsp3) is 0.478. The number of hydrogen-bond acceptors (Lipinski definition) is 7. The second kappa shape index (κ2) is 8.62. The highest BCUT2D eigenvalue weighted by Crippen LogP contribution is 2.52. The summed E-state index contributed by atoms with van der Waals surface area (Å²) < 4.78 is 39.8. The molecular weight excluding hydrogens is 388 g/mol. The molecule has 2 fully saturated rings. The summed E-state index contributed by atoms with van der Waals surface area (Å²) in [6.07, 6.45) is -0.188. The predicted octanol–water partition coefficient (Wildman–Crippen LogP) is 3.80. The number of benzene rings is 2. The van der Waals surface area contributed by atoms with Crippen LogP contribution in [-0.2, 0) is 9.47 Å². The summed E-state index contributed by atoms with van der Waals surface area (Å²) in [4.78, 5) is 0. The molecule has 4 atom stereocenters. The molecule has 7 nitrogen and oxygen atoms in total. The number of hydrogen-bond donors (Lipinski definition) is 0. The van der Waals surface area contributed by atoms with E-state index in [2.05, 4.69) is 0 Å². The third-order valence-electron chi connectivity index (χ3n) is 5.98. The lowest BCUT2D eigenvalue weighted by molar-refractivity contribution is 0.0190. The van der Waals surface area contributed by atoms with E-state index in [1.54, 1.807) is 35.5 Å². The monoisotopic (exact) mass is 416 g/mol. The standard InChI is InChI=1S/C23H28O7/c1-24-15-6-13(7-16(10-15)25-2)21-17-11-30-22(18(17)12-29-21)14-8-19(26-3)23(28-5)20(9-14)27-4/h6-10,17-18,21-22H,11-12H2,1-5H3/t17-,18-,21-,22+/m0/s1. The normalized spacial score (nSPS) is 25.0. The zero-order valence-corrected chi connectivity index (χ0v) is 18.0. The van der Waals surface area contributed by atoms with Crippen LogP contribution in [0.3, 0.4) is 0 Å². The third kappa shape index (κ3) is 3.52. The molecule has 2 heterocycles. The minimum atomic E-state index is -0.110. The van der Waals surface area contributed by atoms with E-state index >= 15 is 0 Å². The van der Waals surface area contributed by atoms with E-state index in [1.165, 1.54) is 0 Å². The molecule has 30 heavy (non-hydrogen) atoms. The van der Waals surface area contributed by atoms with Gasteiger partial charge >= 0.3 is 0 Å². The van der Waals surface area contributed by atoms with Crippen LogP contribution < -0.4 is 23.7 Å². The summed E-state index contributed by atoms with van der Waals surface area (Å²) in [6, 6.07) is 9.77. The molecule has 0 spiro atoms. The Labute approximate surface area is 176 Å². The van der Waals surface area contributed by atoms with Crippen LogP contribution in [0.5, 0.6) is 28.7 Å². The van der Waals surface area contributed by atoms with Crippen molar-refractivity contribution in [2.24, 2.45) is 11.8 Å². The SMILES string of the molecule is COc1cc(OC)cc([C@@H]2OC[C@H]3[C@@H]2CO[C@@H]3c2cc(OC)c(OC)c(OC)c2)c1. The van der Waals surface area contributed by atoms with Crippen LogP contribution in [0.4, 0.5) is 0 Å². The Morgan fingerprint density at radius 2 is 1.07 bits per heavy atom. The van der Waals surface area contributed by atoms with E-state index in [1.807, 2.05) is 30.3 Å². The Morgan fingerprint density at radius 1 is 0.600 bits per heavy atom. The van der Waals surface area contributed by atoms with E-state index < -0.39 is 0 Å². The topological polar surface area (TPSA) is 64.6 Å². The van der Waals surface area contributed by atoms with Gasteiger partial charge < -0.3 is 33.2 Å². The molecule has 0 radical (unpaired) electrons. The van der Waals surface area contributed by atoms with E-state index in [0.717, 1.165) is 22.6 Å². The fourth-order valence-corrected chi connectivity index (χ4v) is 4.49. The number of rotatable bonds is 7. The Balaban J connectivity index is 1.62. The molecular formula is C23H28O7. The van der Waals surface area contributed by atoms with Crippen molar-refractivity contribution < 1.29 is 33.2 Å². The van der Waals surface area contributed by atoms with E-state index in [0.29, 0.717) is 30.5 Å². The summed E-state index contributed by atoms with van der Waals surface area (Å²) >= 11 is 0. The molecule has 0 unspecified atom stereocenters. The molecule has 0 aromatic heterocycles. The maximum atomic E-state index is 6.25. The van der Waals surface area contributed by atoms with Gasteiger partial charge in [-0.1, -0.05) is 0 Å². The Morgan fingerprint density at radius 3 is 1.47 bits per heavy atom. The lowest BCUT2D eigenvalue weighted by Gasteiger charge is -2.20. The van der Waals surface area contributed by atoms with Gasteiger partial charge in [-0.15, -0.1) is 0 Å². The van der Waals surface area contributed by atoms with Crippen LogP contribution in [0.25, 0.3) is 0 Å². The van der Waals surface area contributed by atoms with Gasteiger partial charge in [-0.3, -0.25) is 0 Å². The predicted molar refractivity (Wildman–Crippen MR) is 110 cm³/mol. The van der Waals surface area contributed by atoms with Crippen molar-refractivity contribution in [3.8, 4) is 28.7 Å². The van der Waals surface area contributed by atoms with E-state index in [9.17, 15) is 0 Å². The Bertz CT molecular complexity index is 850. The van der Waals surface area contributed by atoms with E-state index in [4.69, 9.17) is 33.2 Å². The fourth-order valence-electron chi connectivity index (χ4n) is 4.49. The first-order valence-corrected chi connectivity index (χ1v) is 9.89. The maximum absolute atomic E-state index is 6.25. The first-order chi connectivity index (χ1) is 14.6. The van der Waals surface area contributed by atoms with Gasteiger partial charge in [0.1, 0.15) is 11.5 Å². The average molecular weight is 416 g/mol. The molecule has 2 aromatic rings. The van der Waals surface area contributed by atoms with Crippen molar-refractivity contribution >= 4 is 0 Å². The molecule has 2 saturated heterocycles. The quantitative estimate of drug-likeness (QED) is 0.680. The average Bonchev–Trinajstić information content (AvgIpc) is 3.39. The van der Waals surface area contributed by atoms with Crippen LogP contribution >= 0.6 is 0 Å². The Kier molecular flexibility index (Phi) is 5.92. The van der Waals surface area contributed by atoms with Gasteiger partial charge in [-0.25, -0.2) is 0 Å². The van der Waals surface area contributed by atoms with Crippen molar-refractivity contribution in [2.75, 3.05) is 48.8 Å². The van der Waals surface area contributed by atoms with E-state index in [-0.39, 0.29) is 24.0 Å². The summed E-state index contributed by atoms with van der Waals surface area (Å²) in [5.74, 6) is 3.75. The molecule has 0 bridgehead atoms. The second-order valence-electron chi connectivity index (χ2n) is 7.44. The summed E-state index contributed by atoms with van der Waals surface area (Å²) in [7, 11) is 8.13. The largest absolute Gasteiger partial charge is 0.497 e. The molecule has 0 saturated carbocycles. The summed E-state index contributed by atoms with van der Waals surface area (Å²) in [6.45, 7) is 1.21. The molecule has 0 N–H and O–H groups in total. The van der Waals surface area contributed by atoms with Gasteiger partial charge in [-0.2, -0.15) is 0 Å². The highest BCUT2D eigenvalue weighted by molar-refractivity contribution is 5.54. The van der Waals surface area contributed by atoms with Crippen LogP contribution in [0.2, 0.25) is 0 Å². The summed E-state index contributed by atoms with van der Waals surface area (Å²) in [5.41, 5.74) is 2.03. The molecule has 4 rings (SSSR count). The van der Waals surface area contributed by atoms with Crippen LogP contribution in [0.15, 0.2) is 30.3 Å². The zero-order chi connectivity index (χ0) is 21.3. The van der Waals surface area contributed by atoms with Crippen LogP contribution in [-0.4, -0.2) is 48.8 Å². The Hall–Kier alpha value is -2.64. The van der Waals surface area contributed by atoms with Crippen molar-refractivity contribution in [3.63, 3.8) is 0 Å². The molecule has 0 amide bonds. The number of ether oxygens (including phenoxy) is 7. The third-order valence-corrected chi connectivity index (χ3v) is 5.98. The van der Waals surface area contributed by atoms with Crippen LogP contribution in [0.1, 0.15) is 23.3 Å². The highest BCUT2D eigenvalue weighted by Gasteiger charge is 2.48. The minimum Gasteiger partial charge on any atom is -0.497 e. The minimum absolute atomic E-state index is 0.0777. The van der Waals surface area contributed by atoms with Gasteiger partial charge in [0, 0.05) is 17.9 Å². The molecule has 2 aromatic carbocycles. The first kappa shape index (κ1) is 20.6. The molecule has 0 aliphatic carbocycles. The molecule has 2 aliphatic rings. The molecule has 2 aliphatic heterocycles. The van der Waals surface area contributed by atoms with Gasteiger partial charge in [0.2, 0.25) is 5.75 Å². The van der Waals surface area contributed by atoms with Crippen molar-refractivity contribution in [1.82, 2.24) is 0 Å². The summed E-state index contributed by atoms with van der Waals surface area (Å²) in [5, 5.41) is 0. The smallest absolute Gasteiger partial charge is 0.203 e. The van der Waals surface area contributed by atoms with Crippen molar-refractivity contribution in [2.45, 2.75) is 12.2 Å².